The van der Waals surface area contributed by atoms with Crippen LogP contribution in [0.3, 0.4) is 0 Å². The Labute approximate surface area is 71.9 Å². The van der Waals surface area contributed by atoms with Gasteiger partial charge in [-0.05, 0) is 19.8 Å². The lowest BCUT2D eigenvalue weighted by Gasteiger charge is -2.10. The summed E-state index contributed by atoms with van der Waals surface area (Å²) in [5, 5.41) is 0. The summed E-state index contributed by atoms with van der Waals surface area (Å²) < 4.78 is 4.86. The maximum Gasteiger partial charge on any atom is 0.310 e. The fourth-order valence-electron chi connectivity index (χ4n) is 1.42. The summed E-state index contributed by atoms with van der Waals surface area (Å²) in [7, 11) is 0. The Morgan fingerprint density at radius 3 is 2.55 bits per heavy atom. The SMILES string of the molecule is C[C@H](Cl)OC(=O)C1CCCC1. The zero-order valence-corrected chi connectivity index (χ0v) is 7.43. The Bertz CT molecular complexity index is 139. The summed E-state index contributed by atoms with van der Waals surface area (Å²) in [5.41, 5.74) is -0.483. The summed E-state index contributed by atoms with van der Waals surface area (Å²) in [4.78, 5) is 11.1. The number of esters is 1. The number of ether oxygens (including phenoxy) is 1. The molecule has 1 aliphatic rings. The highest BCUT2D eigenvalue weighted by molar-refractivity contribution is 6.19. The molecule has 0 saturated heterocycles. The lowest BCUT2D eigenvalue weighted by molar-refractivity contribution is -0.149. The molecule has 1 aliphatic carbocycles. The fourth-order valence-corrected chi connectivity index (χ4v) is 1.51. The molecule has 0 aromatic carbocycles. The van der Waals surface area contributed by atoms with Crippen LogP contribution < -0.4 is 0 Å². The van der Waals surface area contributed by atoms with E-state index < -0.39 is 5.56 Å². The molecule has 0 radical (unpaired) electrons. The van der Waals surface area contributed by atoms with E-state index in [0.717, 1.165) is 25.7 Å². The van der Waals surface area contributed by atoms with Crippen molar-refractivity contribution >= 4 is 17.6 Å². The van der Waals surface area contributed by atoms with E-state index in [9.17, 15) is 4.79 Å². The first kappa shape index (κ1) is 8.85. The van der Waals surface area contributed by atoms with Gasteiger partial charge in [-0.25, -0.2) is 0 Å². The van der Waals surface area contributed by atoms with Gasteiger partial charge < -0.3 is 4.74 Å². The van der Waals surface area contributed by atoms with E-state index >= 15 is 0 Å². The molecule has 0 unspecified atom stereocenters. The molecule has 0 aromatic rings. The second kappa shape index (κ2) is 3.96. The first-order valence-corrected chi connectivity index (χ1v) is 4.48. The maximum absolute atomic E-state index is 11.1. The third kappa shape index (κ3) is 2.70. The normalized spacial score (nSPS) is 21.6. The molecule has 1 atom stereocenters. The third-order valence-electron chi connectivity index (χ3n) is 1.97. The lowest BCUT2D eigenvalue weighted by Crippen LogP contribution is -2.17. The molecule has 1 saturated carbocycles. The van der Waals surface area contributed by atoms with Crippen molar-refractivity contribution in [3.8, 4) is 0 Å². The average Bonchev–Trinajstić information content (AvgIpc) is 2.35. The van der Waals surface area contributed by atoms with Gasteiger partial charge in [0.15, 0.2) is 5.56 Å². The van der Waals surface area contributed by atoms with Gasteiger partial charge in [-0.2, -0.15) is 0 Å². The van der Waals surface area contributed by atoms with Crippen LogP contribution in [0, 0.1) is 5.92 Å². The van der Waals surface area contributed by atoms with Gasteiger partial charge in [-0.1, -0.05) is 24.4 Å². The van der Waals surface area contributed by atoms with E-state index in [1.807, 2.05) is 0 Å². The van der Waals surface area contributed by atoms with Crippen LogP contribution in [-0.4, -0.2) is 11.5 Å². The number of alkyl halides is 1. The summed E-state index contributed by atoms with van der Waals surface area (Å²) >= 11 is 5.51. The molecule has 0 aromatic heterocycles. The van der Waals surface area contributed by atoms with Crippen molar-refractivity contribution in [2.45, 2.75) is 38.2 Å². The minimum Gasteiger partial charge on any atom is -0.446 e. The van der Waals surface area contributed by atoms with E-state index in [4.69, 9.17) is 16.3 Å². The summed E-state index contributed by atoms with van der Waals surface area (Å²) in [6.45, 7) is 1.66. The number of hydrogen-bond acceptors (Lipinski definition) is 2. The van der Waals surface area contributed by atoms with Crippen molar-refractivity contribution in [2.24, 2.45) is 5.92 Å². The highest BCUT2D eigenvalue weighted by Gasteiger charge is 2.24. The third-order valence-corrected chi connectivity index (χ3v) is 2.06. The highest BCUT2D eigenvalue weighted by atomic mass is 35.5. The molecule has 64 valence electrons. The second-order valence-corrected chi connectivity index (χ2v) is 3.58. The van der Waals surface area contributed by atoms with Crippen LogP contribution >= 0.6 is 11.6 Å². The van der Waals surface area contributed by atoms with Gasteiger partial charge in [-0.3, -0.25) is 4.79 Å². The zero-order valence-electron chi connectivity index (χ0n) is 6.68. The van der Waals surface area contributed by atoms with Gasteiger partial charge in [-0.15, -0.1) is 0 Å². The molecule has 2 nitrogen and oxygen atoms in total. The van der Waals surface area contributed by atoms with Crippen LogP contribution in [0.4, 0.5) is 0 Å². The lowest BCUT2D eigenvalue weighted by atomic mass is 10.1. The minimum absolute atomic E-state index is 0.120. The van der Waals surface area contributed by atoms with Gasteiger partial charge in [0.1, 0.15) is 0 Å². The van der Waals surface area contributed by atoms with Crippen molar-refractivity contribution in [3.63, 3.8) is 0 Å². The van der Waals surface area contributed by atoms with Crippen molar-refractivity contribution in [1.82, 2.24) is 0 Å². The summed E-state index contributed by atoms with van der Waals surface area (Å²) in [5.74, 6) is 0.00111. The Kier molecular flexibility index (Phi) is 3.18. The van der Waals surface area contributed by atoms with Crippen LogP contribution in [0.2, 0.25) is 0 Å². The van der Waals surface area contributed by atoms with Gasteiger partial charge >= 0.3 is 5.97 Å². The van der Waals surface area contributed by atoms with E-state index in [0.29, 0.717) is 0 Å². The maximum atomic E-state index is 11.1. The molecule has 0 heterocycles. The smallest absolute Gasteiger partial charge is 0.310 e. The van der Waals surface area contributed by atoms with Gasteiger partial charge in [0, 0.05) is 0 Å². The second-order valence-electron chi connectivity index (χ2n) is 2.96. The Morgan fingerprint density at radius 2 is 2.09 bits per heavy atom. The van der Waals surface area contributed by atoms with Crippen molar-refractivity contribution < 1.29 is 9.53 Å². The molecule has 0 aliphatic heterocycles. The quantitative estimate of drug-likeness (QED) is 0.477. The van der Waals surface area contributed by atoms with E-state index in [2.05, 4.69) is 0 Å². The molecular formula is C8H13ClO2. The summed E-state index contributed by atoms with van der Waals surface area (Å²) in [6, 6.07) is 0. The van der Waals surface area contributed by atoms with Crippen LogP contribution in [-0.2, 0) is 9.53 Å². The number of halogens is 1. The van der Waals surface area contributed by atoms with E-state index in [1.165, 1.54) is 0 Å². The molecule has 1 rings (SSSR count). The van der Waals surface area contributed by atoms with E-state index in [1.54, 1.807) is 6.92 Å². The predicted molar refractivity (Wildman–Crippen MR) is 43.4 cm³/mol. The highest BCUT2D eigenvalue weighted by Crippen LogP contribution is 2.26. The van der Waals surface area contributed by atoms with Crippen molar-refractivity contribution in [1.29, 1.82) is 0 Å². The van der Waals surface area contributed by atoms with Crippen molar-refractivity contribution in [2.75, 3.05) is 0 Å². The Balaban J connectivity index is 2.28. The molecule has 11 heavy (non-hydrogen) atoms. The monoisotopic (exact) mass is 176 g/mol. The number of carbonyl (C=O) groups excluding carboxylic acids is 1. The molecular weight excluding hydrogens is 164 g/mol. The number of hydrogen-bond donors (Lipinski definition) is 0. The Hall–Kier alpha value is -0.240. The number of carbonyl (C=O) groups is 1. The first-order valence-electron chi connectivity index (χ1n) is 4.04. The van der Waals surface area contributed by atoms with E-state index in [-0.39, 0.29) is 11.9 Å². The zero-order chi connectivity index (χ0) is 8.27. The van der Waals surface area contributed by atoms with Gasteiger partial charge in [0.2, 0.25) is 0 Å². The standard InChI is InChI=1S/C8H13ClO2/c1-6(9)11-8(10)7-4-2-3-5-7/h6-7H,2-5H2,1H3/t6-/m1/s1. The van der Waals surface area contributed by atoms with Crippen LogP contribution in [0.1, 0.15) is 32.6 Å². The molecule has 0 bridgehead atoms. The van der Waals surface area contributed by atoms with Crippen molar-refractivity contribution in [3.05, 3.63) is 0 Å². The van der Waals surface area contributed by atoms with Crippen LogP contribution in [0.25, 0.3) is 0 Å². The largest absolute Gasteiger partial charge is 0.446 e. The first-order chi connectivity index (χ1) is 5.20. The molecule has 0 amide bonds. The average molecular weight is 177 g/mol. The summed E-state index contributed by atoms with van der Waals surface area (Å²) in [6.07, 6.45) is 4.25. The molecule has 0 N–H and O–H groups in total. The topological polar surface area (TPSA) is 26.3 Å². The molecule has 1 fully saturated rings. The Morgan fingerprint density at radius 1 is 1.55 bits per heavy atom. The molecule has 0 spiro atoms. The minimum atomic E-state index is -0.483. The van der Waals surface area contributed by atoms with Gasteiger partial charge in [0.05, 0.1) is 5.92 Å². The fraction of sp³-hybridized carbons (Fsp3) is 0.875. The number of rotatable bonds is 2. The van der Waals surface area contributed by atoms with Gasteiger partial charge in [0.25, 0.3) is 0 Å². The molecule has 3 heteroatoms. The van der Waals surface area contributed by atoms with Crippen LogP contribution in [0.5, 0.6) is 0 Å². The van der Waals surface area contributed by atoms with Crippen LogP contribution in [0.15, 0.2) is 0 Å². The predicted octanol–water partition coefficient (Wildman–Crippen LogP) is 2.30.